The first-order chi connectivity index (χ1) is 19.6. The lowest BCUT2D eigenvalue weighted by atomic mass is 9.93. The van der Waals surface area contributed by atoms with Crippen LogP contribution in [0.3, 0.4) is 0 Å². The highest BCUT2D eigenvalue weighted by molar-refractivity contribution is 5.96. The maximum atomic E-state index is 13.5. The van der Waals surface area contributed by atoms with Crippen LogP contribution in [0.25, 0.3) is 0 Å². The summed E-state index contributed by atoms with van der Waals surface area (Å²) < 4.78 is 30.5. The molecule has 214 valence electrons. The third-order valence-electron chi connectivity index (χ3n) is 6.42. The number of alkyl carbamates (subject to hydrolysis) is 1. The summed E-state index contributed by atoms with van der Waals surface area (Å²) in [6.45, 7) is 7.07. The minimum Gasteiger partial charge on any atom is -0.444 e. The number of carbonyl (C=O) groups is 2. The Balaban J connectivity index is 1.42. The number of ether oxygens (including phenoxy) is 3. The van der Waals surface area contributed by atoms with Crippen LogP contribution in [0, 0.1) is 23.1 Å². The van der Waals surface area contributed by atoms with Crippen molar-refractivity contribution in [3.05, 3.63) is 77.6 Å². The van der Waals surface area contributed by atoms with E-state index in [4.69, 9.17) is 19.5 Å². The minimum absolute atomic E-state index is 0.0384. The average Bonchev–Trinajstić information content (AvgIpc) is 2.94. The number of aromatic nitrogens is 1. The molecule has 0 aliphatic carbocycles. The molecular weight excluding hydrogens is 527 g/mol. The van der Waals surface area contributed by atoms with E-state index >= 15 is 0 Å². The summed E-state index contributed by atoms with van der Waals surface area (Å²) in [6, 6.07) is 17.2. The number of benzene rings is 2. The molecule has 1 aliphatic heterocycles. The van der Waals surface area contributed by atoms with Crippen LogP contribution in [0.5, 0.6) is 23.3 Å². The van der Waals surface area contributed by atoms with Gasteiger partial charge in [-0.15, -0.1) is 0 Å². The number of nitriles is 1. The van der Waals surface area contributed by atoms with Gasteiger partial charge >= 0.3 is 6.09 Å². The van der Waals surface area contributed by atoms with Crippen molar-refractivity contribution in [1.82, 2.24) is 15.2 Å². The van der Waals surface area contributed by atoms with E-state index < -0.39 is 17.5 Å². The molecular formula is C31H33FN4O5. The molecule has 2 heterocycles. The van der Waals surface area contributed by atoms with Gasteiger partial charge in [-0.25, -0.2) is 9.18 Å². The molecule has 10 heteroatoms. The standard InChI is InChI=1S/C31H33FN4O5/c1-31(2,3)41-30(38)34-17-14-21-15-18-36(19-16-21)29(37)26-12-13-27(39-24-8-4-22(20-33)5-9-24)35-28(26)40-25-10-6-23(32)7-11-25/h4-13,21H,14-19H2,1-3H3,(H,34,38). The summed E-state index contributed by atoms with van der Waals surface area (Å²) in [6.07, 6.45) is 1.95. The monoisotopic (exact) mass is 560 g/mol. The lowest BCUT2D eigenvalue weighted by Crippen LogP contribution is -2.39. The Labute approximate surface area is 238 Å². The predicted molar refractivity (Wildman–Crippen MR) is 149 cm³/mol. The number of nitrogens with one attached hydrogen (secondary N) is 1. The first kappa shape index (κ1) is 29.3. The zero-order valence-corrected chi connectivity index (χ0v) is 23.4. The molecule has 3 aromatic rings. The predicted octanol–water partition coefficient (Wildman–Crippen LogP) is 6.44. The Kier molecular flexibility index (Phi) is 9.40. The number of amides is 2. The summed E-state index contributed by atoms with van der Waals surface area (Å²) >= 11 is 0. The number of halogens is 1. The third kappa shape index (κ3) is 8.67. The zero-order valence-electron chi connectivity index (χ0n) is 23.4. The van der Waals surface area contributed by atoms with Crippen molar-refractivity contribution in [2.24, 2.45) is 5.92 Å². The van der Waals surface area contributed by atoms with Crippen LogP contribution in [0.4, 0.5) is 9.18 Å². The van der Waals surface area contributed by atoms with Crippen molar-refractivity contribution in [3.63, 3.8) is 0 Å². The molecule has 1 saturated heterocycles. The first-order valence-electron chi connectivity index (χ1n) is 13.5. The topological polar surface area (TPSA) is 114 Å². The molecule has 1 aromatic heterocycles. The number of hydrogen-bond donors (Lipinski definition) is 1. The largest absolute Gasteiger partial charge is 0.444 e. The van der Waals surface area contributed by atoms with E-state index in [-0.39, 0.29) is 23.2 Å². The molecule has 0 radical (unpaired) electrons. The SMILES string of the molecule is CC(C)(C)OC(=O)NCCC1CCN(C(=O)c2ccc(Oc3ccc(C#N)cc3)nc2Oc2ccc(F)cc2)CC1. The van der Waals surface area contributed by atoms with Crippen molar-refractivity contribution < 1.29 is 28.2 Å². The van der Waals surface area contributed by atoms with Crippen LogP contribution < -0.4 is 14.8 Å². The van der Waals surface area contributed by atoms with E-state index in [2.05, 4.69) is 16.4 Å². The summed E-state index contributed by atoms with van der Waals surface area (Å²) in [7, 11) is 0. The molecule has 4 rings (SSSR count). The number of likely N-dealkylation sites (tertiary alicyclic amines) is 1. The van der Waals surface area contributed by atoms with Crippen molar-refractivity contribution in [1.29, 1.82) is 5.26 Å². The van der Waals surface area contributed by atoms with E-state index in [9.17, 15) is 14.0 Å². The molecule has 1 fully saturated rings. The third-order valence-corrected chi connectivity index (χ3v) is 6.42. The Bertz CT molecular complexity index is 1390. The number of piperidine rings is 1. The van der Waals surface area contributed by atoms with Gasteiger partial charge in [0.05, 0.1) is 11.6 Å². The highest BCUT2D eigenvalue weighted by atomic mass is 19.1. The molecule has 0 unspecified atom stereocenters. The smallest absolute Gasteiger partial charge is 0.407 e. The molecule has 1 aliphatic rings. The molecule has 0 spiro atoms. The highest BCUT2D eigenvalue weighted by Gasteiger charge is 2.27. The maximum absolute atomic E-state index is 13.5. The van der Waals surface area contributed by atoms with Crippen LogP contribution in [0.1, 0.15) is 56.0 Å². The second-order valence-corrected chi connectivity index (χ2v) is 10.7. The maximum Gasteiger partial charge on any atom is 0.407 e. The molecule has 2 amide bonds. The molecule has 1 N–H and O–H groups in total. The molecule has 2 aromatic carbocycles. The van der Waals surface area contributed by atoms with Gasteiger partial charge in [-0.2, -0.15) is 10.2 Å². The number of nitrogens with zero attached hydrogens (tertiary/aromatic N) is 3. The van der Waals surface area contributed by atoms with Gasteiger partial charge in [0, 0.05) is 25.7 Å². The summed E-state index contributed by atoms with van der Waals surface area (Å²) in [4.78, 5) is 31.6. The van der Waals surface area contributed by atoms with Gasteiger partial charge in [-0.05, 0) is 101 Å². The van der Waals surface area contributed by atoms with Crippen molar-refractivity contribution in [2.75, 3.05) is 19.6 Å². The molecule has 0 saturated carbocycles. The summed E-state index contributed by atoms with van der Waals surface area (Å²) in [5, 5.41) is 11.8. The Morgan fingerprint density at radius 1 is 1.00 bits per heavy atom. The van der Waals surface area contributed by atoms with Crippen LogP contribution >= 0.6 is 0 Å². The normalized spacial score (nSPS) is 13.7. The van der Waals surface area contributed by atoms with Crippen LogP contribution in [-0.2, 0) is 4.74 Å². The fourth-order valence-corrected chi connectivity index (χ4v) is 4.34. The minimum atomic E-state index is -0.544. The number of hydrogen-bond acceptors (Lipinski definition) is 7. The molecule has 0 atom stereocenters. The fraction of sp³-hybridized carbons (Fsp3) is 0.355. The molecule has 0 bridgehead atoms. The first-order valence-corrected chi connectivity index (χ1v) is 13.5. The number of rotatable bonds is 8. The van der Waals surface area contributed by atoms with Crippen LogP contribution in [-0.4, -0.2) is 47.1 Å². The van der Waals surface area contributed by atoms with Crippen molar-refractivity contribution in [2.45, 2.75) is 45.6 Å². The highest BCUT2D eigenvalue weighted by Crippen LogP contribution is 2.31. The lowest BCUT2D eigenvalue weighted by molar-refractivity contribution is 0.0522. The van der Waals surface area contributed by atoms with Crippen molar-refractivity contribution in [3.8, 4) is 29.3 Å². The van der Waals surface area contributed by atoms with Gasteiger partial charge in [-0.1, -0.05) is 0 Å². The van der Waals surface area contributed by atoms with Crippen LogP contribution in [0.15, 0.2) is 60.7 Å². The average molecular weight is 561 g/mol. The Morgan fingerprint density at radius 3 is 2.27 bits per heavy atom. The second kappa shape index (κ2) is 13.1. The number of pyridine rings is 1. The van der Waals surface area contributed by atoms with E-state index in [0.717, 1.165) is 19.3 Å². The van der Waals surface area contributed by atoms with Crippen LogP contribution in [0.2, 0.25) is 0 Å². The Morgan fingerprint density at radius 2 is 1.63 bits per heavy atom. The van der Waals surface area contributed by atoms with Crippen molar-refractivity contribution >= 4 is 12.0 Å². The summed E-state index contributed by atoms with van der Waals surface area (Å²) in [5.41, 5.74) is 0.207. The van der Waals surface area contributed by atoms with Gasteiger partial charge in [-0.3, -0.25) is 4.79 Å². The lowest BCUT2D eigenvalue weighted by Gasteiger charge is -2.32. The zero-order chi connectivity index (χ0) is 29.4. The molecule has 41 heavy (non-hydrogen) atoms. The molecule has 9 nitrogen and oxygen atoms in total. The van der Waals surface area contributed by atoms with Gasteiger partial charge in [0.1, 0.15) is 28.5 Å². The summed E-state index contributed by atoms with van der Waals surface area (Å²) in [5.74, 6) is 0.737. The van der Waals surface area contributed by atoms with Gasteiger partial charge < -0.3 is 24.4 Å². The van der Waals surface area contributed by atoms with Gasteiger partial charge in [0.15, 0.2) is 0 Å². The number of carbonyl (C=O) groups excluding carboxylic acids is 2. The van der Waals surface area contributed by atoms with E-state index in [1.54, 1.807) is 41.3 Å². The van der Waals surface area contributed by atoms with E-state index in [1.807, 2.05) is 20.8 Å². The van der Waals surface area contributed by atoms with Gasteiger partial charge in [0.2, 0.25) is 11.8 Å². The van der Waals surface area contributed by atoms with Gasteiger partial charge in [0.25, 0.3) is 5.91 Å². The Hall–Kier alpha value is -4.65. The quantitative estimate of drug-likeness (QED) is 0.337. The second-order valence-electron chi connectivity index (χ2n) is 10.7. The van der Waals surface area contributed by atoms with E-state index in [0.29, 0.717) is 42.6 Å². The van der Waals surface area contributed by atoms with E-state index in [1.165, 1.54) is 24.3 Å². The fourth-order valence-electron chi connectivity index (χ4n) is 4.34.